The smallest absolute Gasteiger partial charge is 0.311 e. The Balaban J connectivity index is 1.96. The highest BCUT2D eigenvalue weighted by Gasteiger charge is 2.12. The molecule has 6 heteroatoms. The SMILES string of the molecule is COC(=O)Cc1nnc(Nc2ccc(OC)cc2)c2ccccc12. The van der Waals surface area contributed by atoms with Crippen molar-refractivity contribution in [3.63, 3.8) is 0 Å². The third kappa shape index (κ3) is 3.27. The van der Waals surface area contributed by atoms with E-state index in [-0.39, 0.29) is 12.4 Å². The number of esters is 1. The zero-order valence-corrected chi connectivity index (χ0v) is 13.4. The van der Waals surface area contributed by atoms with Crippen molar-refractivity contribution < 1.29 is 14.3 Å². The lowest BCUT2D eigenvalue weighted by Crippen LogP contribution is -2.08. The van der Waals surface area contributed by atoms with Crippen molar-refractivity contribution in [2.24, 2.45) is 0 Å². The van der Waals surface area contributed by atoms with E-state index in [4.69, 9.17) is 9.47 Å². The molecule has 1 N–H and O–H groups in total. The second-order valence-electron chi connectivity index (χ2n) is 5.15. The molecule has 122 valence electrons. The molecule has 1 heterocycles. The number of aromatic nitrogens is 2. The Bertz CT molecular complexity index is 863. The number of ether oxygens (including phenoxy) is 2. The van der Waals surface area contributed by atoms with Gasteiger partial charge >= 0.3 is 5.97 Å². The fourth-order valence-electron chi connectivity index (χ4n) is 2.40. The molecule has 0 bridgehead atoms. The number of hydrogen-bond acceptors (Lipinski definition) is 6. The van der Waals surface area contributed by atoms with Crippen molar-refractivity contribution in [1.82, 2.24) is 10.2 Å². The first-order valence-corrected chi connectivity index (χ1v) is 7.43. The molecule has 0 saturated carbocycles. The molecule has 6 nitrogen and oxygen atoms in total. The van der Waals surface area contributed by atoms with Crippen molar-refractivity contribution in [1.29, 1.82) is 0 Å². The summed E-state index contributed by atoms with van der Waals surface area (Å²) in [6.07, 6.45) is 0.0901. The van der Waals surface area contributed by atoms with Crippen LogP contribution >= 0.6 is 0 Å². The molecule has 1 aromatic heterocycles. The molecule has 0 spiro atoms. The van der Waals surface area contributed by atoms with E-state index in [1.807, 2.05) is 48.5 Å². The highest BCUT2D eigenvalue weighted by Crippen LogP contribution is 2.26. The first-order chi connectivity index (χ1) is 11.7. The Morgan fingerprint density at radius 2 is 1.71 bits per heavy atom. The van der Waals surface area contributed by atoms with Crippen LogP contribution in [0.3, 0.4) is 0 Å². The minimum atomic E-state index is -0.342. The van der Waals surface area contributed by atoms with E-state index in [1.165, 1.54) is 7.11 Å². The van der Waals surface area contributed by atoms with Crippen LogP contribution in [-0.2, 0) is 16.0 Å². The van der Waals surface area contributed by atoms with Crippen molar-refractivity contribution in [3.8, 4) is 5.75 Å². The highest BCUT2D eigenvalue weighted by molar-refractivity contribution is 5.95. The zero-order chi connectivity index (χ0) is 16.9. The van der Waals surface area contributed by atoms with Crippen LogP contribution in [0.4, 0.5) is 11.5 Å². The number of methoxy groups -OCH3 is 2. The Morgan fingerprint density at radius 1 is 1.00 bits per heavy atom. The molecule has 3 rings (SSSR count). The van der Waals surface area contributed by atoms with Crippen molar-refractivity contribution in [3.05, 3.63) is 54.2 Å². The van der Waals surface area contributed by atoms with E-state index in [2.05, 4.69) is 15.5 Å². The summed E-state index contributed by atoms with van der Waals surface area (Å²) < 4.78 is 9.87. The summed E-state index contributed by atoms with van der Waals surface area (Å²) in [7, 11) is 2.99. The van der Waals surface area contributed by atoms with Gasteiger partial charge in [-0.3, -0.25) is 4.79 Å². The molecular weight excluding hydrogens is 306 g/mol. The van der Waals surface area contributed by atoms with Gasteiger partial charge in [0.25, 0.3) is 0 Å². The van der Waals surface area contributed by atoms with Crippen LogP contribution in [-0.4, -0.2) is 30.4 Å². The van der Waals surface area contributed by atoms with Gasteiger partial charge in [0.05, 0.1) is 26.3 Å². The minimum Gasteiger partial charge on any atom is -0.497 e. The van der Waals surface area contributed by atoms with Gasteiger partial charge in [-0.25, -0.2) is 0 Å². The molecule has 3 aromatic rings. The number of fused-ring (bicyclic) bond motifs is 1. The maximum atomic E-state index is 11.5. The van der Waals surface area contributed by atoms with E-state index in [1.54, 1.807) is 7.11 Å². The summed E-state index contributed by atoms with van der Waals surface area (Å²) >= 11 is 0. The third-order valence-electron chi connectivity index (χ3n) is 3.66. The fourth-order valence-corrected chi connectivity index (χ4v) is 2.40. The number of carbonyl (C=O) groups excluding carboxylic acids is 1. The molecule has 2 aromatic carbocycles. The van der Waals surface area contributed by atoms with Gasteiger partial charge in [0.15, 0.2) is 5.82 Å². The molecule has 0 unspecified atom stereocenters. The molecular formula is C18H17N3O3. The quantitative estimate of drug-likeness (QED) is 0.727. The standard InChI is InChI=1S/C18H17N3O3/c1-23-13-9-7-12(8-10-13)19-18-15-6-4-3-5-14(15)16(20-21-18)11-17(22)24-2/h3-10H,11H2,1-2H3,(H,19,21). The van der Waals surface area contributed by atoms with E-state index in [9.17, 15) is 4.79 Å². The predicted molar refractivity (Wildman–Crippen MR) is 91.5 cm³/mol. The van der Waals surface area contributed by atoms with Gasteiger partial charge in [0, 0.05) is 16.5 Å². The minimum absolute atomic E-state index is 0.0901. The van der Waals surface area contributed by atoms with Gasteiger partial charge in [-0.1, -0.05) is 24.3 Å². The van der Waals surface area contributed by atoms with Crippen LogP contribution in [0.15, 0.2) is 48.5 Å². The number of nitrogens with one attached hydrogen (secondary N) is 1. The summed E-state index contributed by atoms with van der Waals surface area (Å²) in [4.78, 5) is 11.5. The second kappa shape index (κ2) is 6.95. The summed E-state index contributed by atoms with van der Waals surface area (Å²) in [5, 5.41) is 13.4. The largest absolute Gasteiger partial charge is 0.497 e. The van der Waals surface area contributed by atoms with Crippen LogP contribution in [0, 0.1) is 0 Å². The van der Waals surface area contributed by atoms with Gasteiger partial charge in [0.2, 0.25) is 0 Å². The number of hydrogen-bond donors (Lipinski definition) is 1. The summed E-state index contributed by atoms with van der Waals surface area (Å²) in [6.45, 7) is 0. The Labute approximate surface area is 139 Å². The Hall–Kier alpha value is -3.15. The summed E-state index contributed by atoms with van der Waals surface area (Å²) in [5.74, 6) is 1.07. The lowest BCUT2D eigenvalue weighted by Gasteiger charge is -2.11. The number of anilines is 2. The Kier molecular flexibility index (Phi) is 4.56. The first kappa shape index (κ1) is 15.7. The van der Waals surface area contributed by atoms with Crippen LogP contribution in [0.2, 0.25) is 0 Å². The molecule has 24 heavy (non-hydrogen) atoms. The summed E-state index contributed by atoms with van der Waals surface area (Å²) in [5.41, 5.74) is 1.47. The van der Waals surface area contributed by atoms with Crippen molar-refractivity contribution >= 4 is 28.2 Å². The van der Waals surface area contributed by atoms with Crippen molar-refractivity contribution in [2.45, 2.75) is 6.42 Å². The Morgan fingerprint density at radius 3 is 2.38 bits per heavy atom. The maximum absolute atomic E-state index is 11.5. The number of benzene rings is 2. The van der Waals surface area contributed by atoms with E-state index in [0.29, 0.717) is 11.5 Å². The van der Waals surface area contributed by atoms with Gasteiger partial charge < -0.3 is 14.8 Å². The van der Waals surface area contributed by atoms with Gasteiger partial charge in [0.1, 0.15) is 5.75 Å². The summed E-state index contributed by atoms with van der Waals surface area (Å²) in [6, 6.07) is 15.2. The molecule has 0 aliphatic heterocycles. The normalized spacial score (nSPS) is 10.4. The van der Waals surface area contributed by atoms with Crippen LogP contribution in [0.5, 0.6) is 5.75 Å². The van der Waals surface area contributed by atoms with E-state index in [0.717, 1.165) is 22.2 Å². The average molecular weight is 323 g/mol. The monoisotopic (exact) mass is 323 g/mol. The maximum Gasteiger partial charge on any atom is 0.311 e. The highest BCUT2D eigenvalue weighted by atomic mass is 16.5. The average Bonchev–Trinajstić information content (AvgIpc) is 2.64. The number of carbonyl (C=O) groups is 1. The lowest BCUT2D eigenvalue weighted by molar-refractivity contribution is -0.139. The van der Waals surface area contributed by atoms with Gasteiger partial charge in [-0.05, 0) is 24.3 Å². The van der Waals surface area contributed by atoms with Crippen LogP contribution < -0.4 is 10.1 Å². The topological polar surface area (TPSA) is 73.3 Å². The van der Waals surface area contributed by atoms with Crippen molar-refractivity contribution in [2.75, 3.05) is 19.5 Å². The molecule has 0 fully saturated rings. The van der Waals surface area contributed by atoms with E-state index >= 15 is 0 Å². The van der Waals surface area contributed by atoms with E-state index < -0.39 is 0 Å². The fraction of sp³-hybridized carbons (Fsp3) is 0.167. The lowest BCUT2D eigenvalue weighted by atomic mass is 10.1. The molecule has 0 radical (unpaired) electrons. The van der Waals surface area contributed by atoms with Gasteiger partial charge in [-0.15, -0.1) is 5.10 Å². The predicted octanol–water partition coefficient (Wildman–Crippen LogP) is 3.10. The third-order valence-corrected chi connectivity index (χ3v) is 3.66. The number of nitrogens with zero attached hydrogens (tertiary/aromatic N) is 2. The zero-order valence-electron chi connectivity index (χ0n) is 13.4. The van der Waals surface area contributed by atoms with Crippen LogP contribution in [0.1, 0.15) is 5.69 Å². The first-order valence-electron chi connectivity index (χ1n) is 7.43. The molecule has 0 aliphatic rings. The molecule has 0 amide bonds. The molecule has 0 atom stereocenters. The molecule has 0 aliphatic carbocycles. The van der Waals surface area contributed by atoms with Gasteiger partial charge in [-0.2, -0.15) is 5.10 Å². The number of rotatable bonds is 5. The van der Waals surface area contributed by atoms with Crippen LogP contribution in [0.25, 0.3) is 10.8 Å². The molecule has 0 saturated heterocycles. The second-order valence-corrected chi connectivity index (χ2v) is 5.15.